The fraction of sp³-hybridized carbons (Fsp3) is 0.312. The van der Waals surface area contributed by atoms with E-state index in [1.54, 1.807) is 12.1 Å². The molecule has 2 aromatic rings. The van der Waals surface area contributed by atoms with Crippen molar-refractivity contribution in [2.24, 2.45) is 0 Å². The number of hydrogen-bond donors (Lipinski definition) is 2. The summed E-state index contributed by atoms with van der Waals surface area (Å²) in [6.45, 7) is 0. The van der Waals surface area contributed by atoms with Crippen molar-refractivity contribution in [1.29, 1.82) is 0 Å². The van der Waals surface area contributed by atoms with E-state index in [1.807, 2.05) is 0 Å². The largest absolute Gasteiger partial charge is 0.468 e. The van der Waals surface area contributed by atoms with Gasteiger partial charge in [0.15, 0.2) is 0 Å². The van der Waals surface area contributed by atoms with E-state index in [9.17, 15) is 26.4 Å². The molecule has 1 aromatic carbocycles. The predicted molar refractivity (Wildman–Crippen MR) is 89.7 cm³/mol. The van der Waals surface area contributed by atoms with Crippen LogP contribution in [-0.2, 0) is 21.2 Å². The Morgan fingerprint density at radius 3 is 2.67 bits per heavy atom. The van der Waals surface area contributed by atoms with E-state index in [0.717, 1.165) is 22.5 Å². The second kappa shape index (κ2) is 6.98. The van der Waals surface area contributed by atoms with Crippen molar-refractivity contribution in [3.63, 3.8) is 0 Å². The summed E-state index contributed by atoms with van der Waals surface area (Å²) in [6, 6.07) is 5.39. The average Bonchev–Trinajstić information content (AvgIpc) is 3.11. The first-order chi connectivity index (χ1) is 12.6. The van der Waals surface area contributed by atoms with Crippen LogP contribution in [0.2, 0.25) is 0 Å². The number of carbonyl (C=O) groups excluding carboxylic acids is 1. The summed E-state index contributed by atoms with van der Waals surface area (Å²) in [5.74, 6) is -0.401. The minimum Gasteiger partial charge on any atom is -0.468 e. The fourth-order valence-electron chi connectivity index (χ4n) is 2.79. The normalized spacial score (nSPS) is 23.1. The zero-order valence-corrected chi connectivity index (χ0v) is 14.8. The van der Waals surface area contributed by atoms with Crippen LogP contribution >= 0.6 is 0 Å². The Bertz CT molecular complexity index is 929. The molecule has 27 heavy (non-hydrogen) atoms. The quantitative estimate of drug-likeness (QED) is 0.824. The summed E-state index contributed by atoms with van der Waals surface area (Å²) >= 11 is 0. The maximum absolute atomic E-state index is 12.8. The minimum atomic E-state index is -4.56. The van der Waals surface area contributed by atoms with E-state index < -0.39 is 39.9 Å². The van der Waals surface area contributed by atoms with Crippen LogP contribution in [0.15, 0.2) is 47.1 Å². The molecule has 1 amide bonds. The van der Waals surface area contributed by atoms with Gasteiger partial charge in [0.1, 0.15) is 11.8 Å². The molecule has 7 nitrogen and oxygen atoms in total. The second-order valence-electron chi connectivity index (χ2n) is 6.03. The predicted octanol–water partition coefficient (Wildman–Crippen LogP) is 2.52. The standard InChI is InChI=1S/C16H16F3N3O4S/c1-22-13(9-12(21-27(22,24)25)14-6-3-7-26-14)15(23)20-11-5-2-4-10(8-11)16(17,18)19/h2-8,12-13,21H,9H2,1H3,(H,20,23). The first-order valence-corrected chi connectivity index (χ1v) is 9.29. The average molecular weight is 403 g/mol. The van der Waals surface area contributed by atoms with Crippen molar-refractivity contribution >= 4 is 21.8 Å². The third-order valence-corrected chi connectivity index (χ3v) is 5.81. The van der Waals surface area contributed by atoms with Gasteiger partial charge in [-0.15, -0.1) is 0 Å². The number of carbonyl (C=O) groups is 1. The highest BCUT2D eigenvalue weighted by Crippen LogP contribution is 2.32. The van der Waals surface area contributed by atoms with Crippen LogP contribution in [0.4, 0.5) is 18.9 Å². The number of rotatable bonds is 3. The number of halogens is 3. The van der Waals surface area contributed by atoms with Gasteiger partial charge < -0.3 is 9.73 Å². The maximum Gasteiger partial charge on any atom is 0.416 e. The SMILES string of the molecule is CN1C(C(=O)Nc2cccc(C(F)(F)F)c2)CC(c2ccco2)NS1(=O)=O. The summed E-state index contributed by atoms with van der Waals surface area (Å²) in [5.41, 5.74) is -0.992. The Morgan fingerprint density at radius 2 is 2.04 bits per heavy atom. The van der Waals surface area contributed by atoms with Gasteiger partial charge in [0, 0.05) is 12.7 Å². The molecule has 2 unspecified atom stereocenters. The number of amides is 1. The van der Waals surface area contributed by atoms with E-state index in [-0.39, 0.29) is 12.1 Å². The van der Waals surface area contributed by atoms with Crippen LogP contribution in [-0.4, -0.2) is 31.7 Å². The van der Waals surface area contributed by atoms with Crippen LogP contribution in [0, 0.1) is 0 Å². The van der Waals surface area contributed by atoms with Gasteiger partial charge in [-0.2, -0.15) is 30.6 Å². The van der Waals surface area contributed by atoms with E-state index >= 15 is 0 Å². The number of nitrogens with one attached hydrogen (secondary N) is 2. The first-order valence-electron chi connectivity index (χ1n) is 7.85. The molecule has 2 N–H and O–H groups in total. The highest BCUT2D eigenvalue weighted by Gasteiger charge is 2.41. The lowest BCUT2D eigenvalue weighted by Crippen LogP contribution is -2.55. The third-order valence-electron chi connectivity index (χ3n) is 4.21. The molecule has 0 aliphatic carbocycles. The van der Waals surface area contributed by atoms with Gasteiger partial charge in [-0.25, -0.2) is 0 Å². The minimum absolute atomic E-state index is 0.0496. The van der Waals surface area contributed by atoms with Crippen molar-refractivity contribution in [3.05, 3.63) is 54.0 Å². The zero-order valence-electron chi connectivity index (χ0n) is 14.0. The number of hydrogen-bond acceptors (Lipinski definition) is 4. The molecule has 0 spiro atoms. The van der Waals surface area contributed by atoms with Gasteiger partial charge in [-0.05, 0) is 36.8 Å². The molecule has 1 aromatic heterocycles. The number of anilines is 1. The molecule has 1 saturated heterocycles. The van der Waals surface area contributed by atoms with Gasteiger partial charge in [0.05, 0.1) is 17.9 Å². The number of benzene rings is 1. The first kappa shape index (κ1) is 19.4. The summed E-state index contributed by atoms with van der Waals surface area (Å²) < 4.78 is 71.4. The van der Waals surface area contributed by atoms with Gasteiger partial charge >= 0.3 is 6.18 Å². The van der Waals surface area contributed by atoms with Crippen LogP contribution in [0.1, 0.15) is 23.8 Å². The Labute approximate surface area is 153 Å². The summed E-state index contributed by atoms with van der Waals surface area (Å²) in [5, 5.41) is 2.35. The van der Waals surface area contributed by atoms with Crippen LogP contribution in [0.3, 0.4) is 0 Å². The van der Waals surface area contributed by atoms with Crippen molar-refractivity contribution in [3.8, 4) is 0 Å². The summed E-state index contributed by atoms with van der Waals surface area (Å²) in [4.78, 5) is 12.6. The number of alkyl halides is 3. The Hall–Kier alpha value is -2.37. The molecule has 0 radical (unpaired) electrons. The molecule has 0 bridgehead atoms. The molecule has 1 fully saturated rings. The molecular formula is C16H16F3N3O4S. The lowest BCUT2D eigenvalue weighted by molar-refractivity contribution is -0.137. The third kappa shape index (κ3) is 4.15. The van der Waals surface area contributed by atoms with Crippen LogP contribution < -0.4 is 10.0 Å². The Morgan fingerprint density at radius 1 is 1.30 bits per heavy atom. The van der Waals surface area contributed by atoms with Crippen molar-refractivity contribution in [2.75, 3.05) is 12.4 Å². The Balaban J connectivity index is 1.82. The van der Waals surface area contributed by atoms with E-state index in [4.69, 9.17) is 4.42 Å². The van der Waals surface area contributed by atoms with Gasteiger partial charge in [-0.1, -0.05) is 6.07 Å². The molecule has 1 aliphatic heterocycles. The van der Waals surface area contributed by atoms with E-state index in [1.165, 1.54) is 19.4 Å². The monoisotopic (exact) mass is 403 g/mol. The molecule has 0 saturated carbocycles. The zero-order chi connectivity index (χ0) is 19.8. The van der Waals surface area contributed by atoms with E-state index in [2.05, 4.69) is 10.0 Å². The van der Waals surface area contributed by atoms with Crippen molar-refractivity contribution < 1.29 is 30.8 Å². The molecular weight excluding hydrogens is 387 g/mol. The van der Waals surface area contributed by atoms with Gasteiger partial charge in [0.2, 0.25) is 5.91 Å². The maximum atomic E-state index is 12.8. The lowest BCUT2D eigenvalue weighted by atomic mass is 10.0. The molecule has 1 aliphatic rings. The molecule has 2 atom stereocenters. The fourth-order valence-corrected chi connectivity index (χ4v) is 4.04. The molecule has 3 rings (SSSR count). The van der Waals surface area contributed by atoms with Gasteiger partial charge in [-0.3, -0.25) is 4.79 Å². The van der Waals surface area contributed by atoms with Crippen LogP contribution in [0.5, 0.6) is 0 Å². The molecule has 11 heteroatoms. The highest BCUT2D eigenvalue weighted by atomic mass is 32.2. The molecule has 2 heterocycles. The number of likely N-dealkylation sites (N-methyl/N-ethyl adjacent to an activating group) is 1. The summed E-state index contributed by atoms with van der Waals surface area (Å²) in [6.07, 6.45) is -3.13. The smallest absolute Gasteiger partial charge is 0.416 e. The topological polar surface area (TPSA) is 91.7 Å². The summed E-state index contributed by atoms with van der Waals surface area (Å²) in [7, 11) is -2.75. The Kier molecular flexibility index (Phi) is 5.02. The van der Waals surface area contributed by atoms with Crippen molar-refractivity contribution in [1.82, 2.24) is 9.03 Å². The van der Waals surface area contributed by atoms with Crippen molar-refractivity contribution in [2.45, 2.75) is 24.7 Å². The molecule has 146 valence electrons. The van der Waals surface area contributed by atoms with Gasteiger partial charge in [0.25, 0.3) is 10.2 Å². The number of furan rings is 1. The highest BCUT2D eigenvalue weighted by molar-refractivity contribution is 7.87. The van der Waals surface area contributed by atoms with E-state index in [0.29, 0.717) is 5.76 Å². The second-order valence-corrected chi connectivity index (χ2v) is 7.79. The lowest BCUT2D eigenvalue weighted by Gasteiger charge is -2.35. The van der Waals surface area contributed by atoms with Crippen LogP contribution in [0.25, 0.3) is 0 Å². The number of nitrogens with zero attached hydrogens (tertiary/aromatic N) is 1.